The molecule has 0 aromatic heterocycles. The maximum Gasteiger partial charge on any atom is 0.263 e. The zero-order valence-corrected chi connectivity index (χ0v) is 11.1. The number of nitrogens with one attached hydrogen (secondary N) is 1. The maximum absolute atomic E-state index is 12.0. The van der Waals surface area contributed by atoms with Crippen LogP contribution in [0.25, 0.3) is 0 Å². The van der Waals surface area contributed by atoms with Gasteiger partial charge < -0.3 is 10.4 Å². The van der Waals surface area contributed by atoms with Crippen molar-refractivity contribution in [2.45, 2.75) is 25.3 Å². The van der Waals surface area contributed by atoms with Gasteiger partial charge in [0.15, 0.2) is 0 Å². The second kappa shape index (κ2) is 6.31. The van der Waals surface area contributed by atoms with E-state index in [4.69, 9.17) is 5.84 Å². The number of rotatable bonds is 6. The third-order valence-corrected chi connectivity index (χ3v) is 3.22. The van der Waals surface area contributed by atoms with Crippen LogP contribution in [-0.2, 0) is 16.0 Å². The van der Waals surface area contributed by atoms with Crippen molar-refractivity contribution in [2.75, 3.05) is 7.05 Å². The molecule has 2 amide bonds. The first kappa shape index (κ1) is 15.1. The molecule has 0 aliphatic heterocycles. The zero-order chi connectivity index (χ0) is 14.5. The Morgan fingerprint density at radius 1 is 1.47 bits per heavy atom. The van der Waals surface area contributed by atoms with E-state index in [1.807, 2.05) is 0 Å². The molecule has 19 heavy (non-hydrogen) atoms. The minimum atomic E-state index is -0.909. The van der Waals surface area contributed by atoms with E-state index in [0.29, 0.717) is 24.3 Å². The van der Waals surface area contributed by atoms with E-state index >= 15 is 0 Å². The van der Waals surface area contributed by atoms with Gasteiger partial charge in [0.1, 0.15) is 5.75 Å². The Morgan fingerprint density at radius 3 is 2.53 bits per heavy atom. The first-order valence-electron chi connectivity index (χ1n) is 5.93. The summed E-state index contributed by atoms with van der Waals surface area (Å²) >= 11 is 0. The van der Waals surface area contributed by atoms with Gasteiger partial charge in [-0.15, -0.1) is 0 Å². The van der Waals surface area contributed by atoms with Crippen LogP contribution in [0.2, 0.25) is 0 Å². The normalized spacial score (nSPS) is 13.6. The van der Waals surface area contributed by atoms with Crippen LogP contribution in [-0.4, -0.2) is 35.0 Å². The smallest absolute Gasteiger partial charge is 0.263 e. The number of hydrogen-bond donors (Lipinski definition) is 3. The Balaban J connectivity index is 2.73. The van der Waals surface area contributed by atoms with Crippen LogP contribution in [0.4, 0.5) is 0 Å². The second-order valence-corrected chi connectivity index (χ2v) is 4.57. The van der Waals surface area contributed by atoms with Crippen molar-refractivity contribution in [3.63, 3.8) is 0 Å². The first-order valence-corrected chi connectivity index (χ1v) is 5.93. The molecule has 0 bridgehead atoms. The molecule has 1 atom stereocenters. The minimum absolute atomic E-state index is 0.199. The van der Waals surface area contributed by atoms with E-state index in [0.717, 1.165) is 5.56 Å². The molecule has 1 aromatic rings. The van der Waals surface area contributed by atoms with E-state index < -0.39 is 11.4 Å². The number of aryl methyl sites for hydroxylation is 1. The highest BCUT2D eigenvalue weighted by molar-refractivity contribution is 5.92. The topological polar surface area (TPSA) is 95.7 Å². The predicted molar refractivity (Wildman–Crippen MR) is 71.0 cm³/mol. The standard InChI is InChI=1S/C13H19N3O3/c1-13(15-2,12(19)16(14)9-17)8-7-10-3-5-11(18)6-4-10/h3-6,9,15,18H,7-8,14H2,1-2H3. The molecule has 0 aliphatic carbocycles. The van der Waals surface area contributed by atoms with Crippen molar-refractivity contribution in [2.24, 2.45) is 5.84 Å². The van der Waals surface area contributed by atoms with Gasteiger partial charge >= 0.3 is 0 Å². The van der Waals surface area contributed by atoms with Crippen molar-refractivity contribution in [3.8, 4) is 5.75 Å². The molecule has 0 saturated carbocycles. The van der Waals surface area contributed by atoms with Gasteiger partial charge in [-0.2, -0.15) is 0 Å². The zero-order valence-electron chi connectivity index (χ0n) is 11.1. The third-order valence-electron chi connectivity index (χ3n) is 3.22. The van der Waals surface area contributed by atoms with Gasteiger partial charge in [0.05, 0.1) is 5.54 Å². The summed E-state index contributed by atoms with van der Waals surface area (Å²) in [6.07, 6.45) is 1.39. The van der Waals surface area contributed by atoms with Crippen LogP contribution < -0.4 is 11.2 Å². The van der Waals surface area contributed by atoms with Crippen LogP contribution in [0.1, 0.15) is 18.9 Å². The number of phenols is 1. The molecule has 6 nitrogen and oxygen atoms in total. The number of likely N-dealkylation sites (N-methyl/N-ethyl adjacent to an activating group) is 1. The van der Waals surface area contributed by atoms with Crippen LogP contribution >= 0.6 is 0 Å². The van der Waals surface area contributed by atoms with Gasteiger partial charge in [0.25, 0.3) is 5.91 Å². The van der Waals surface area contributed by atoms with Crippen LogP contribution in [0, 0.1) is 0 Å². The van der Waals surface area contributed by atoms with Crippen molar-refractivity contribution in [1.29, 1.82) is 0 Å². The molecular formula is C13H19N3O3. The van der Waals surface area contributed by atoms with Crippen molar-refractivity contribution < 1.29 is 14.7 Å². The fraction of sp³-hybridized carbons (Fsp3) is 0.385. The van der Waals surface area contributed by atoms with E-state index in [-0.39, 0.29) is 5.75 Å². The molecule has 0 radical (unpaired) electrons. The predicted octanol–water partition coefficient (Wildman–Crippen LogP) is 0.162. The molecule has 0 aliphatic rings. The van der Waals surface area contributed by atoms with Crippen LogP contribution in [0.5, 0.6) is 5.75 Å². The summed E-state index contributed by atoms with van der Waals surface area (Å²) in [6.45, 7) is 1.69. The quantitative estimate of drug-likeness (QED) is 0.295. The number of benzene rings is 1. The molecular weight excluding hydrogens is 246 g/mol. The molecule has 0 saturated heterocycles. The minimum Gasteiger partial charge on any atom is -0.508 e. The van der Waals surface area contributed by atoms with E-state index in [1.54, 1.807) is 38.2 Å². The number of carbonyl (C=O) groups is 2. The lowest BCUT2D eigenvalue weighted by molar-refractivity contribution is -0.143. The number of nitrogens with zero attached hydrogens (tertiary/aromatic N) is 1. The Bertz CT molecular complexity index is 447. The summed E-state index contributed by atoms with van der Waals surface area (Å²) in [5.74, 6) is 5.03. The number of imide groups is 1. The lowest BCUT2D eigenvalue weighted by Crippen LogP contribution is -2.56. The molecule has 4 N–H and O–H groups in total. The molecule has 0 spiro atoms. The number of hydrazine groups is 1. The molecule has 0 fully saturated rings. The fourth-order valence-corrected chi connectivity index (χ4v) is 1.73. The number of nitrogens with two attached hydrogens (primary N) is 1. The number of carbonyl (C=O) groups excluding carboxylic acids is 2. The average Bonchev–Trinajstić information content (AvgIpc) is 2.44. The molecule has 1 unspecified atom stereocenters. The Kier molecular flexibility index (Phi) is 5.02. The Morgan fingerprint density at radius 2 is 2.05 bits per heavy atom. The summed E-state index contributed by atoms with van der Waals surface area (Å²) in [6, 6.07) is 6.76. The van der Waals surface area contributed by atoms with E-state index in [9.17, 15) is 14.7 Å². The monoisotopic (exact) mass is 265 g/mol. The van der Waals surface area contributed by atoms with E-state index in [1.165, 1.54) is 0 Å². The summed E-state index contributed by atoms with van der Waals surface area (Å²) in [5, 5.41) is 12.6. The van der Waals surface area contributed by atoms with E-state index in [2.05, 4.69) is 5.32 Å². The summed E-state index contributed by atoms with van der Waals surface area (Å²) in [5.41, 5.74) is 0.0786. The average molecular weight is 265 g/mol. The summed E-state index contributed by atoms with van der Waals surface area (Å²) in [7, 11) is 1.65. The van der Waals surface area contributed by atoms with Crippen molar-refractivity contribution in [1.82, 2.24) is 10.3 Å². The highest BCUT2D eigenvalue weighted by Crippen LogP contribution is 2.17. The van der Waals surface area contributed by atoms with Gasteiger partial charge in [-0.1, -0.05) is 12.1 Å². The Hall–Kier alpha value is -1.92. The highest BCUT2D eigenvalue weighted by atomic mass is 16.3. The van der Waals surface area contributed by atoms with Gasteiger partial charge in [-0.3, -0.25) is 9.59 Å². The van der Waals surface area contributed by atoms with Gasteiger partial charge in [0, 0.05) is 0 Å². The lowest BCUT2D eigenvalue weighted by Gasteiger charge is -2.29. The maximum atomic E-state index is 12.0. The highest BCUT2D eigenvalue weighted by Gasteiger charge is 2.33. The molecule has 104 valence electrons. The number of phenolic OH excluding ortho intramolecular Hbond substituents is 1. The number of aromatic hydroxyl groups is 1. The van der Waals surface area contributed by atoms with Crippen molar-refractivity contribution in [3.05, 3.63) is 29.8 Å². The van der Waals surface area contributed by atoms with Gasteiger partial charge in [-0.25, -0.2) is 10.9 Å². The van der Waals surface area contributed by atoms with Crippen LogP contribution in [0.15, 0.2) is 24.3 Å². The molecule has 1 rings (SSSR count). The molecule has 0 heterocycles. The third kappa shape index (κ3) is 3.77. The fourth-order valence-electron chi connectivity index (χ4n) is 1.73. The summed E-state index contributed by atoms with van der Waals surface area (Å²) in [4.78, 5) is 22.5. The number of hydrogen-bond acceptors (Lipinski definition) is 5. The van der Waals surface area contributed by atoms with Gasteiger partial charge in [-0.05, 0) is 44.5 Å². The molecule has 1 aromatic carbocycles. The number of amides is 2. The largest absolute Gasteiger partial charge is 0.508 e. The van der Waals surface area contributed by atoms with Crippen LogP contribution in [0.3, 0.4) is 0 Å². The molecule has 6 heteroatoms. The SMILES string of the molecule is CNC(C)(CCc1ccc(O)cc1)C(=O)N(N)C=O. The lowest BCUT2D eigenvalue weighted by atomic mass is 9.92. The Labute approximate surface area is 112 Å². The van der Waals surface area contributed by atoms with Gasteiger partial charge in [0.2, 0.25) is 6.41 Å². The first-order chi connectivity index (χ1) is 8.92. The second-order valence-electron chi connectivity index (χ2n) is 4.57. The van der Waals surface area contributed by atoms with Crippen molar-refractivity contribution >= 4 is 12.3 Å². The summed E-state index contributed by atoms with van der Waals surface area (Å²) < 4.78 is 0.